The Labute approximate surface area is 130 Å². The average molecular weight is 477 g/mol. The Morgan fingerprint density at radius 1 is 1.41 bits per heavy atom. The number of rotatable bonds is 2. The number of aromatic hydroxyl groups is 1. The predicted octanol–water partition coefficient (Wildman–Crippen LogP) is 2.39. The monoisotopic (exact) mass is 477 g/mol. The van der Waals surface area contributed by atoms with E-state index in [9.17, 15) is 9.90 Å². The molecule has 0 radical (unpaired) electrons. The van der Waals surface area contributed by atoms with E-state index in [0.29, 0.717) is 5.75 Å². The maximum absolute atomic E-state index is 10.8. The first-order valence-corrected chi connectivity index (χ1v) is 7.98. The fourth-order valence-corrected chi connectivity index (χ4v) is 4.57. The second-order valence-corrected chi connectivity index (χ2v) is 7.07. The molecule has 1 aromatic carbocycles. The van der Waals surface area contributed by atoms with Crippen LogP contribution in [0.25, 0.3) is 0 Å². The van der Waals surface area contributed by atoms with Gasteiger partial charge in [0, 0.05) is 5.75 Å². The molecule has 1 aliphatic heterocycles. The summed E-state index contributed by atoms with van der Waals surface area (Å²) >= 11 is 5.72. The molecule has 0 amide bonds. The molecule has 0 aromatic heterocycles. The van der Waals surface area contributed by atoms with Crippen molar-refractivity contribution in [2.45, 2.75) is 11.4 Å². The van der Waals surface area contributed by atoms with Crippen LogP contribution in [0, 0.1) is 7.14 Å². The van der Waals surface area contributed by atoms with Crippen LogP contribution in [-0.2, 0) is 4.79 Å². The number of carboxylic acids is 1. The van der Waals surface area contributed by atoms with Crippen molar-refractivity contribution >= 4 is 62.9 Å². The molecule has 0 bridgehead atoms. The van der Waals surface area contributed by atoms with E-state index < -0.39 is 12.0 Å². The highest BCUT2D eigenvalue weighted by atomic mass is 127. The second-order valence-electron chi connectivity index (χ2n) is 3.60. The maximum atomic E-state index is 10.8. The predicted molar refractivity (Wildman–Crippen MR) is 83.3 cm³/mol. The van der Waals surface area contributed by atoms with Crippen molar-refractivity contribution in [1.82, 2.24) is 5.32 Å². The smallest absolute Gasteiger partial charge is 0.321 e. The molecule has 7 heteroatoms. The standard InChI is InChI=1S/C10H9I2NO3S/c11-5-1-4(2-6(12)8(5)14)9-13-7(3-17-9)10(15)16/h1-2,7,9,13-14H,3H2,(H,15,16)/t7-,9+/m1/s1. The number of hydrogen-bond donors (Lipinski definition) is 3. The van der Waals surface area contributed by atoms with E-state index in [2.05, 4.69) is 50.5 Å². The Morgan fingerprint density at radius 3 is 2.47 bits per heavy atom. The molecule has 0 aliphatic carbocycles. The van der Waals surface area contributed by atoms with E-state index >= 15 is 0 Å². The Morgan fingerprint density at radius 2 is 2.00 bits per heavy atom. The normalized spacial score (nSPS) is 23.9. The van der Waals surface area contributed by atoms with Gasteiger partial charge >= 0.3 is 5.97 Å². The number of carbonyl (C=O) groups is 1. The molecule has 1 saturated heterocycles. The van der Waals surface area contributed by atoms with Crippen molar-refractivity contribution in [3.63, 3.8) is 0 Å². The molecular weight excluding hydrogens is 468 g/mol. The zero-order chi connectivity index (χ0) is 12.6. The lowest BCUT2D eigenvalue weighted by Gasteiger charge is -2.13. The average Bonchev–Trinajstić information content (AvgIpc) is 2.74. The fraction of sp³-hybridized carbons (Fsp3) is 0.300. The summed E-state index contributed by atoms with van der Waals surface area (Å²) < 4.78 is 1.57. The van der Waals surface area contributed by atoms with Crippen molar-refractivity contribution in [3.8, 4) is 5.75 Å². The molecule has 92 valence electrons. The van der Waals surface area contributed by atoms with Gasteiger partial charge in [-0.15, -0.1) is 11.8 Å². The molecule has 1 aliphatic rings. The van der Waals surface area contributed by atoms with E-state index in [1.54, 1.807) is 11.8 Å². The van der Waals surface area contributed by atoms with E-state index in [0.717, 1.165) is 12.7 Å². The van der Waals surface area contributed by atoms with Crippen molar-refractivity contribution in [3.05, 3.63) is 24.8 Å². The van der Waals surface area contributed by atoms with Gasteiger partial charge in [-0.25, -0.2) is 0 Å². The first-order valence-electron chi connectivity index (χ1n) is 4.77. The largest absolute Gasteiger partial charge is 0.506 e. The van der Waals surface area contributed by atoms with Crippen LogP contribution in [0.15, 0.2) is 12.1 Å². The van der Waals surface area contributed by atoms with E-state index in [4.69, 9.17) is 5.11 Å². The van der Waals surface area contributed by atoms with Gasteiger partial charge in [0.25, 0.3) is 0 Å². The SMILES string of the molecule is O=C(O)[C@H]1CS[C@@H](c2cc(I)c(O)c(I)c2)N1. The minimum atomic E-state index is -0.817. The molecule has 17 heavy (non-hydrogen) atoms. The van der Waals surface area contributed by atoms with Gasteiger partial charge < -0.3 is 10.2 Å². The first-order chi connectivity index (χ1) is 7.99. The molecule has 1 heterocycles. The lowest BCUT2D eigenvalue weighted by Crippen LogP contribution is -2.33. The summed E-state index contributed by atoms with van der Waals surface area (Å²) in [6.07, 6.45) is 0. The Balaban J connectivity index is 2.22. The Hall–Kier alpha value is 0.260. The quantitative estimate of drug-likeness (QED) is 0.572. The van der Waals surface area contributed by atoms with Gasteiger partial charge in [-0.3, -0.25) is 10.1 Å². The maximum Gasteiger partial charge on any atom is 0.321 e. The van der Waals surface area contributed by atoms with Crippen LogP contribution in [0.5, 0.6) is 5.75 Å². The number of thioether (sulfide) groups is 1. The van der Waals surface area contributed by atoms with Gasteiger partial charge in [0.2, 0.25) is 0 Å². The molecule has 0 unspecified atom stereocenters. The highest BCUT2D eigenvalue weighted by Crippen LogP contribution is 2.37. The van der Waals surface area contributed by atoms with Crippen molar-refractivity contribution in [1.29, 1.82) is 0 Å². The van der Waals surface area contributed by atoms with Crippen molar-refractivity contribution in [2.24, 2.45) is 0 Å². The van der Waals surface area contributed by atoms with Crippen LogP contribution < -0.4 is 5.32 Å². The van der Waals surface area contributed by atoms with Gasteiger partial charge in [0.15, 0.2) is 0 Å². The Kier molecular flexibility index (Phi) is 4.42. The summed E-state index contributed by atoms with van der Waals surface area (Å²) in [7, 11) is 0. The highest BCUT2D eigenvalue weighted by molar-refractivity contribution is 14.1. The molecule has 1 aromatic rings. The van der Waals surface area contributed by atoms with Crippen molar-refractivity contribution < 1.29 is 15.0 Å². The number of aliphatic carboxylic acids is 1. The van der Waals surface area contributed by atoms with Crippen LogP contribution in [0.4, 0.5) is 0 Å². The number of phenolic OH excluding ortho intramolecular Hbond substituents is 1. The van der Waals surface area contributed by atoms with Gasteiger partial charge in [-0.2, -0.15) is 0 Å². The summed E-state index contributed by atoms with van der Waals surface area (Å²) in [4.78, 5) is 10.8. The molecule has 1 fully saturated rings. The highest BCUT2D eigenvalue weighted by Gasteiger charge is 2.30. The topological polar surface area (TPSA) is 69.6 Å². The third kappa shape index (κ3) is 2.99. The van der Waals surface area contributed by atoms with Gasteiger partial charge in [0.1, 0.15) is 11.8 Å². The molecule has 4 nitrogen and oxygen atoms in total. The zero-order valence-electron chi connectivity index (χ0n) is 8.48. The number of carboxylic acid groups (broad SMARTS) is 1. The molecule has 2 atom stereocenters. The van der Waals surface area contributed by atoms with Crippen LogP contribution >= 0.6 is 56.9 Å². The van der Waals surface area contributed by atoms with Gasteiger partial charge in [-0.1, -0.05) is 0 Å². The van der Waals surface area contributed by atoms with Gasteiger partial charge in [0.05, 0.1) is 12.5 Å². The fourth-order valence-electron chi connectivity index (χ4n) is 1.54. The number of hydrogen-bond acceptors (Lipinski definition) is 4. The van der Waals surface area contributed by atoms with Crippen LogP contribution in [0.1, 0.15) is 10.9 Å². The summed E-state index contributed by atoms with van der Waals surface area (Å²) in [5.41, 5.74) is 1.00. The molecule has 3 N–H and O–H groups in total. The zero-order valence-corrected chi connectivity index (χ0v) is 13.6. The molecule has 0 saturated carbocycles. The van der Waals surface area contributed by atoms with Gasteiger partial charge in [-0.05, 0) is 62.9 Å². The third-order valence-electron chi connectivity index (χ3n) is 2.42. The van der Waals surface area contributed by atoms with E-state index in [1.165, 1.54) is 0 Å². The summed E-state index contributed by atoms with van der Waals surface area (Å²) in [6, 6.07) is 3.27. The third-order valence-corrected chi connectivity index (χ3v) is 5.33. The first kappa shape index (κ1) is 13.7. The van der Waals surface area contributed by atoms with Crippen molar-refractivity contribution in [2.75, 3.05) is 5.75 Å². The van der Waals surface area contributed by atoms with E-state index in [-0.39, 0.29) is 11.1 Å². The lowest BCUT2D eigenvalue weighted by molar-refractivity contribution is -0.138. The Bertz CT molecular complexity index is 446. The molecule has 2 rings (SSSR count). The number of phenols is 1. The minimum absolute atomic E-state index is 0.0151. The van der Waals surface area contributed by atoms with E-state index in [1.807, 2.05) is 12.1 Å². The molecule has 0 spiro atoms. The van der Waals surface area contributed by atoms with Crippen LogP contribution in [0.3, 0.4) is 0 Å². The molecular formula is C10H9I2NO3S. The summed E-state index contributed by atoms with van der Waals surface area (Å²) in [5, 5.41) is 21.6. The minimum Gasteiger partial charge on any atom is -0.506 e. The number of benzene rings is 1. The summed E-state index contributed by atoms with van der Waals surface area (Å²) in [5.74, 6) is 0.0320. The second kappa shape index (κ2) is 5.49. The number of halogens is 2. The summed E-state index contributed by atoms with van der Waals surface area (Å²) in [6.45, 7) is 0. The number of nitrogens with one attached hydrogen (secondary N) is 1. The van der Waals surface area contributed by atoms with Crippen LogP contribution in [0.2, 0.25) is 0 Å². The van der Waals surface area contributed by atoms with Crippen LogP contribution in [-0.4, -0.2) is 28.0 Å². The lowest BCUT2D eigenvalue weighted by atomic mass is 10.2.